The van der Waals surface area contributed by atoms with Crippen molar-refractivity contribution in [1.82, 2.24) is 10.2 Å². The zero-order chi connectivity index (χ0) is 34.8. The Morgan fingerprint density at radius 2 is 1.44 bits per heavy atom. The quantitative estimate of drug-likeness (QED) is 0.185. The molecule has 1 atom stereocenters. The molecule has 0 saturated carbocycles. The van der Waals surface area contributed by atoms with Crippen LogP contribution in [-0.4, -0.2) is 73.2 Å². The molecule has 0 aliphatic heterocycles. The second kappa shape index (κ2) is 16.2. The number of carbonyl (C=O) groups is 2. The molecule has 4 aromatic rings. The lowest BCUT2D eigenvalue weighted by Crippen LogP contribution is -2.53. The van der Waals surface area contributed by atoms with E-state index >= 15 is 0 Å². The Morgan fingerprint density at radius 3 is 2.06 bits per heavy atom. The van der Waals surface area contributed by atoms with Crippen LogP contribution in [0.4, 0.5) is 5.69 Å². The normalized spacial score (nSPS) is 11.6. The lowest BCUT2D eigenvalue weighted by Gasteiger charge is -2.34. The standard InChI is InChI=1S/C35H38ClN3O8S/c1-37-35(41)30(19-24-11-7-6-8-12-24)38(22-25-13-9-10-14-28(25)36)34(40)23-39(29-20-26(44-2)15-17-31(29)45-3)48(42,43)27-16-18-32(46-4)33(21-27)47-5/h6-18,20-21,30H,19,22-23H2,1-5H3,(H,37,41)/t30-/m1/s1. The van der Waals surface area contributed by atoms with Crippen LogP contribution in [0.15, 0.2) is 95.9 Å². The Morgan fingerprint density at radius 1 is 0.792 bits per heavy atom. The van der Waals surface area contributed by atoms with E-state index in [1.807, 2.05) is 30.3 Å². The summed E-state index contributed by atoms with van der Waals surface area (Å²) in [6, 6.07) is 23.9. The van der Waals surface area contributed by atoms with Crippen LogP contribution in [0.3, 0.4) is 0 Å². The minimum Gasteiger partial charge on any atom is -0.497 e. The van der Waals surface area contributed by atoms with Gasteiger partial charge in [-0.15, -0.1) is 0 Å². The van der Waals surface area contributed by atoms with Crippen molar-refractivity contribution in [2.75, 3.05) is 46.3 Å². The molecule has 0 unspecified atom stereocenters. The molecule has 0 aromatic heterocycles. The number of hydrogen-bond acceptors (Lipinski definition) is 8. The molecule has 1 N–H and O–H groups in total. The van der Waals surface area contributed by atoms with Gasteiger partial charge in [-0.1, -0.05) is 60.1 Å². The molecular weight excluding hydrogens is 658 g/mol. The van der Waals surface area contributed by atoms with Gasteiger partial charge >= 0.3 is 0 Å². The zero-order valence-corrected chi connectivity index (χ0v) is 28.9. The van der Waals surface area contributed by atoms with Crippen LogP contribution in [0, 0.1) is 0 Å². The average Bonchev–Trinajstić information content (AvgIpc) is 3.11. The minimum absolute atomic E-state index is 0.0391. The highest BCUT2D eigenvalue weighted by molar-refractivity contribution is 7.92. The number of amides is 2. The van der Waals surface area contributed by atoms with Crippen LogP contribution in [0.1, 0.15) is 11.1 Å². The number of nitrogens with zero attached hydrogens (tertiary/aromatic N) is 2. The first-order chi connectivity index (χ1) is 23.1. The van der Waals surface area contributed by atoms with E-state index in [4.69, 9.17) is 30.5 Å². The Kier molecular flexibility index (Phi) is 12.2. The Balaban J connectivity index is 1.89. The molecule has 2 amide bonds. The molecule has 4 rings (SSSR count). The molecule has 0 aliphatic rings. The first kappa shape index (κ1) is 35.9. The van der Waals surface area contributed by atoms with E-state index in [1.165, 1.54) is 64.7 Å². The van der Waals surface area contributed by atoms with Crippen LogP contribution in [-0.2, 0) is 32.6 Å². The van der Waals surface area contributed by atoms with Gasteiger partial charge < -0.3 is 29.2 Å². The summed E-state index contributed by atoms with van der Waals surface area (Å²) in [5.74, 6) is -0.132. The van der Waals surface area contributed by atoms with Gasteiger partial charge in [-0.05, 0) is 41.5 Å². The maximum atomic E-state index is 14.6. The van der Waals surface area contributed by atoms with E-state index in [0.717, 1.165) is 9.87 Å². The van der Waals surface area contributed by atoms with E-state index in [-0.39, 0.29) is 35.0 Å². The first-order valence-electron chi connectivity index (χ1n) is 14.8. The highest BCUT2D eigenvalue weighted by Crippen LogP contribution is 2.38. The molecular formula is C35H38ClN3O8S. The van der Waals surface area contributed by atoms with E-state index in [1.54, 1.807) is 36.4 Å². The third-order valence-electron chi connectivity index (χ3n) is 7.69. The molecule has 4 aromatic carbocycles. The number of benzene rings is 4. The average molecular weight is 696 g/mol. The molecule has 0 radical (unpaired) electrons. The van der Waals surface area contributed by atoms with Gasteiger partial charge in [-0.3, -0.25) is 13.9 Å². The molecule has 254 valence electrons. The Bertz CT molecular complexity index is 1840. The molecule has 0 aliphatic carbocycles. The lowest BCUT2D eigenvalue weighted by molar-refractivity contribution is -0.139. The van der Waals surface area contributed by atoms with Gasteiger partial charge in [0.15, 0.2) is 11.5 Å². The van der Waals surface area contributed by atoms with E-state index in [0.29, 0.717) is 22.1 Å². The molecule has 13 heteroatoms. The van der Waals surface area contributed by atoms with Crippen LogP contribution in [0.25, 0.3) is 0 Å². The van der Waals surface area contributed by atoms with Crippen LogP contribution >= 0.6 is 11.6 Å². The molecule has 0 heterocycles. The number of carbonyl (C=O) groups excluding carboxylic acids is 2. The number of nitrogens with one attached hydrogen (secondary N) is 1. The summed E-state index contributed by atoms with van der Waals surface area (Å²) >= 11 is 6.53. The predicted molar refractivity (Wildman–Crippen MR) is 184 cm³/mol. The summed E-state index contributed by atoms with van der Waals surface area (Å²) in [6.07, 6.45) is 0.154. The Hall–Kier alpha value is -4.94. The van der Waals surface area contributed by atoms with Crippen molar-refractivity contribution in [2.45, 2.75) is 23.9 Å². The van der Waals surface area contributed by atoms with Gasteiger partial charge in [0.1, 0.15) is 24.1 Å². The highest BCUT2D eigenvalue weighted by Gasteiger charge is 2.36. The minimum atomic E-state index is -4.50. The van der Waals surface area contributed by atoms with Gasteiger partial charge in [0, 0.05) is 37.2 Å². The van der Waals surface area contributed by atoms with Crippen molar-refractivity contribution in [1.29, 1.82) is 0 Å². The fraction of sp³-hybridized carbons (Fsp3) is 0.257. The smallest absolute Gasteiger partial charge is 0.265 e. The molecule has 48 heavy (non-hydrogen) atoms. The number of methoxy groups -OCH3 is 4. The lowest BCUT2D eigenvalue weighted by atomic mass is 10.0. The number of hydrogen-bond donors (Lipinski definition) is 1. The predicted octanol–water partition coefficient (Wildman–Crippen LogP) is 4.96. The van der Waals surface area contributed by atoms with Gasteiger partial charge in [0.2, 0.25) is 11.8 Å². The van der Waals surface area contributed by atoms with Gasteiger partial charge in [0.25, 0.3) is 10.0 Å². The summed E-state index contributed by atoms with van der Waals surface area (Å²) in [6.45, 7) is -0.796. The Labute approximate surface area is 286 Å². The summed E-state index contributed by atoms with van der Waals surface area (Å²) in [4.78, 5) is 29.3. The summed E-state index contributed by atoms with van der Waals surface area (Å²) in [5.41, 5.74) is 1.41. The van der Waals surface area contributed by atoms with Crippen molar-refractivity contribution >= 4 is 39.1 Å². The summed E-state index contributed by atoms with van der Waals surface area (Å²) in [7, 11) is 2.63. The maximum absolute atomic E-state index is 14.6. The molecule has 0 spiro atoms. The largest absolute Gasteiger partial charge is 0.497 e. The van der Waals surface area contributed by atoms with E-state index < -0.39 is 34.4 Å². The fourth-order valence-corrected chi connectivity index (χ4v) is 6.77. The van der Waals surface area contributed by atoms with Crippen molar-refractivity contribution in [2.24, 2.45) is 0 Å². The van der Waals surface area contributed by atoms with Crippen molar-refractivity contribution < 1.29 is 37.0 Å². The third-order valence-corrected chi connectivity index (χ3v) is 9.82. The fourth-order valence-electron chi connectivity index (χ4n) is 5.14. The highest BCUT2D eigenvalue weighted by atomic mass is 35.5. The second-order valence-corrected chi connectivity index (χ2v) is 12.8. The van der Waals surface area contributed by atoms with Gasteiger partial charge in [-0.25, -0.2) is 8.42 Å². The summed E-state index contributed by atoms with van der Waals surface area (Å²) < 4.78 is 51.7. The van der Waals surface area contributed by atoms with Crippen molar-refractivity contribution in [3.63, 3.8) is 0 Å². The number of rotatable bonds is 15. The topological polar surface area (TPSA) is 124 Å². The van der Waals surface area contributed by atoms with Crippen LogP contribution < -0.4 is 28.6 Å². The van der Waals surface area contributed by atoms with Crippen molar-refractivity contribution in [3.8, 4) is 23.0 Å². The third kappa shape index (κ3) is 8.12. The van der Waals surface area contributed by atoms with Crippen LogP contribution in [0.2, 0.25) is 5.02 Å². The molecule has 0 fully saturated rings. The number of sulfonamides is 1. The number of ether oxygens (including phenoxy) is 4. The summed E-state index contributed by atoms with van der Waals surface area (Å²) in [5, 5.41) is 3.04. The first-order valence-corrected chi connectivity index (χ1v) is 16.6. The van der Waals surface area contributed by atoms with E-state index in [9.17, 15) is 18.0 Å². The zero-order valence-electron chi connectivity index (χ0n) is 27.3. The number of halogens is 1. The molecule has 0 bridgehead atoms. The SMILES string of the molecule is CNC(=O)[C@@H](Cc1ccccc1)N(Cc1ccccc1Cl)C(=O)CN(c1cc(OC)ccc1OC)S(=O)(=O)c1ccc(OC)c(OC)c1. The van der Waals surface area contributed by atoms with Crippen molar-refractivity contribution in [3.05, 3.63) is 107 Å². The monoisotopic (exact) mass is 695 g/mol. The number of anilines is 1. The number of likely N-dealkylation sites (N-methyl/N-ethyl adjacent to an activating group) is 1. The molecule has 0 saturated heterocycles. The second-order valence-electron chi connectivity index (χ2n) is 10.5. The molecule has 11 nitrogen and oxygen atoms in total. The van der Waals surface area contributed by atoms with Gasteiger partial charge in [0.05, 0.1) is 39.0 Å². The maximum Gasteiger partial charge on any atom is 0.265 e. The van der Waals surface area contributed by atoms with E-state index in [2.05, 4.69) is 5.32 Å². The van der Waals surface area contributed by atoms with Crippen LogP contribution in [0.5, 0.6) is 23.0 Å². The van der Waals surface area contributed by atoms with Gasteiger partial charge in [-0.2, -0.15) is 0 Å².